The van der Waals surface area contributed by atoms with E-state index in [0.29, 0.717) is 0 Å². The largest absolute Gasteiger partial charge is 0.497 e. The standard InChI is InChI=1S/C14H24N2O2/c1-5-13(15)14(16(6-2)18-4)11-8-7-9-12(10-11)17-3/h7-10,13-14H,5-6,15H2,1-4H3. The average Bonchev–Trinajstić information content (AvgIpc) is 2.43. The molecule has 2 N–H and O–H groups in total. The Hall–Kier alpha value is -1.10. The molecule has 2 unspecified atom stereocenters. The third-order valence-corrected chi connectivity index (χ3v) is 3.17. The molecule has 0 aromatic heterocycles. The Morgan fingerprint density at radius 2 is 2.00 bits per heavy atom. The van der Waals surface area contributed by atoms with Crippen LogP contribution in [0.3, 0.4) is 0 Å². The number of methoxy groups -OCH3 is 1. The molecule has 4 nitrogen and oxygen atoms in total. The maximum absolute atomic E-state index is 6.23. The van der Waals surface area contributed by atoms with Crippen LogP contribution in [0.5, 0.6) is 5.75 Å². The summed E-state index contributed by atoms with van der Waals surface area (Å²) in [6.45, 7) is 4.92. The normalized spacial score (nSPS) is 14.6. The van der Waals surface area contributed by atoms with Crippen molar-refractivity contribution in [1.29, 1.82) is 0 Å². The SMILES string of the molecule is CCC(N)C(c1cccc(OC)c1)N(CC)OC. The molecule has 1 aromatic carbocycles. The van der Waals surface area contributed by atoms with Gasteiger partial charge < -0.3 is 15.3 Å². The molecule has 0 spiro atoms. The van der Waals surface area contributed by atoms with Gasteiger partial charge in [0.2, 0.25) is 0 Å². The Morgan fingerprint density at radius 1 is 1.28 bits per heavy atom. The molecule has 102 valence electrons. The number of nitrogens with zero attached hydrogens (tertiary/aromatic N) is 1. The van der Waals surface area contributed by atoms with E-state index in [1.807, 2.05) is 23.3 Å². The van der Waals surface area contributed by atoms with E-state index in [9.17, 15) is 0 Å². The van der Waals surface area contributed by atoms with Crippen molar-refractivity contribution >= 4 is 0 Å². The first-order valence-electron chi connectivity index (χ1n) is 6.38. The molecule has 2 atom stereocenters. The van der Waals surface area contributed by atoms with Crippen molar-refractivity contribution < 1.29 is 9.57 Å². The Kier molecular flexibility index (Phi) is 6.12. The third kappa shape index (κ3) is 3.45. The predicted octanol–water partition coefficient (Wildman–Crippen LogP) is 2.36. The highest BCUT2D eigenvalue weighted by atomic mass is 16.7. The molecule has 0 amide bonds. The maximum Gasteiger partial charge on any atom is 0.119 e. The van der Waals surface area contributed by atoms with Crippen LogP contribution in [0.15, 0.2) is 24.3 Å². The number of hydrogen-bond acceptors (Lipinski definition) is 4. The highest BCUT2D eigenvalue weighted by Gasteiger charge is 2.25. The molecular weight excluding hydrogens is 228 g/mol. The zero-order valence-corrected chi connectivity index (χ0v) is 11.7. The minimum absolute atomic E-state index is 0.0250. The van der Waals surface area contributed by atoms with Crippen molar-refractivity contribution in [3.05, 3.63) is 29.8 Å². The summed E-state index contributed by atoms with van der Waals surface area (Å²) in [6.07, 6.45) is 0.891. The van der Waals surface area contributed by atoms with E-state index in [1.165, 1.54) is 0 Å². The Bertz CT molecular complexity index is 353. The average molecular weight is 252 g/mol. The third-order valence-electron chi connectivity index (χ3n) is 3.17. The Balaban J connectivity index is 3.07. The van der Waals surface area contributed by atoms with Crippen LogP contribution in [-0.4, -0.2) is 31.9 Å². The Labute approximate surface area is 110 Å². The van der Waals surface area contributed by atoms with Gasteiger partial charge in [0.05, 0.1) is 20.3 Å². The molecule has 0 heterocycles. The molecule has 0 radical (unpaired) electrons. The lowest BCUT2D eigenvalue weighted by molar-refractivity contribution is -0.165. The van der Waals surface area contributed by atoms with E-state index < -0.39 is 0 Å². The first-order chi connectivity index (χ1) is 8.67. The van der Waals surface area contributed by atoms with Crippen LogP contribution in [0.2, 0.25) is 0 Å². The van der Waals surface area contributed by atoms with Crippen LogP contribution in [-0.2, 0) is 4.84 Å². The molecule has 4 heteroatoms. The molecule has 0 aliphatic heterocycles. The quantitative estimate of drug-likeness (QED) is 0.757. The summed E-state index contributed by atoms with van der Waals surface area (Å²) in [5.41, 5.74) is 7.35. The van der Waals surface area contributed by atoms with Crippen molar-refractivity contribution in [3.8, 4) is 5.75 Å². The molecule has 0 aliphatic carbocycles. The summed E-state index contributed by atoms with van der Waals surface area (Å²) in [6, 6.07) is 8.05. The fourth-order valence-electron chi connectivity index (χ4n) is 2.12. The van der Waals surface area contributed by atoms with Crippen LogP contribution >= 0.6 is 0 Å². The van der Waals surface area contributed by atoms with E-state index >= 15 is 0 Å². The van der Waals surface area contributed by atoms with Crippen LogP contribution < -0.4 is 10.5 Å². The van der Waals surface area contributed by atoms with Gasteiger partial charge in [0, 0.05) is 12.6 Å². The number of hydroxylamine groups is 2. The summed E-state index contributed by atoms with van der Waals surface area (Å²) in [5.74, 6) is 0.841. The fraction of sp³-hybridized carbons (Fsp3) is 0.571. The topological polar surface area (TPSA) is 47.7 Å². The van der Waals surface area contributed by atoms with E-state index in [4.69, 9.17) is 15.3 Å². The van der Waals surface area contributed by atoms with Crippen molar-refractivity contribution in [1.82, 2.24) is 5.06 Å². The smallest absolute Gasteiger partial charge is 0.119 e. The van der Waals surface area contributed by atoms with Crippen molar-refractivity contribution in [2.45, 2.75) is 32.4 Å². The summed E-state index contributed by atoms with van der Waals surface area (Å²) in [7, 11) is 3.35. The van der Waals surface area contributed by atoms with Gasteiger partial charge in [-0.3, -0.25) is 0 Å². The van der Waals surface area contributed by atoms with Gasteiger partial charge in [-0.05, 0) is 24.1 Å². The van der Waals surface area contributed by atoms with Crippen LogP contribution in [0.4, 0.5) is 0 Å². The van der Waals surface area contributed by atoms with Crippen molar-refractivity contribution in [3.63, 3.8) is 0 Å². The molecule has 1 aromatic rings. The summed E-state index contributed by atoms with van der Waals surface area (Å²) < 4.78 is 5.27. The second-order valence-electron chi connectivity index (χ2n) is 4.21. The monoisotopic (exact) mass is 252 g/mol. The van der Waals surface area contributed by atoms with Gasteiger partial charge in [-0.15, -0.1) is 0 Å². The van der Waals surface area contributed by atoms with E-state index in [-0.39, 0.29) is 12.1 Å². The summed E-state index contributed by atoms with van der Waals surface area (Å²) in [5, 5.41) is 1.91. The molecular formula is C14H24N2O2. The molecule has 0 aliphatic rings. The number of ether oxygens (including phenoxy) is 1. The Morgan fingerprint density at radius 3 is 2.50 bits per heavy atom. The van der Waals surface area contributed by atoms with Gasteiger partial charge in [-0.2, -0.15) is 5.06 Å². The lowest BCUT2D eigenvalue weighted by Crippen LogP contribution is -2.40. The highest BCUT2D eigenvalue weighted by molar-refractivity contribution is 5.31. The fourth-order valence-corrected chi connectivity index (χ4v) is 2.12. The van der Waals surface area contributed by atoms with Crippen LogP contribution in [0.25, 0.3) is 0 Å². The second-order valence-corrected chi connectivity index (χ2v) is 4.21. The number of rotatable bonds is 7. The first-order valence-corrected chi connectivity index (χ1v) is 6.38. The number of hydrogen-bond donors (Lipinski definition) is 1. The molecule has 0 saturated heterocycles. The van der Waals surface area contributed by atoms with E-state index in [0.717, 1.165) is 24.3 Å². The van der Waals surface area contributed by atoms with Crippen molar-refractivity contribution in [2.75, 3.05) is 20.8 Å². The summed E-state index contributed by atoms with van der Waals surface area (Å²) in [4.78, 5) is 5.43. The number of likely N-dealkylation sites (N-methyl/N-ethyl adjacent to an activating group) is 1. The molecule has 1 rings (SSSR count). The van der Waals surface area contributed by atoms with Gasteiger partial charge in [0.1, 0.15) is 5.75 Å². The van der Waals surface area contributed by atoms with Gasteiger partial charge in [0.15, 0.2) is 0 Å². The highest BCUT2D eigenvalue weighted by Crippen LogP contribution is 2.27. The van der Waals surface area contributed by atoms with Gasteiger partial charge in [-0.25, -0.2) is 0 Å². The predicted molar refractivity (Wildman–Crippen MR) is 73.4 cm³/mol. The molecule has 18 heavy (non-hydrogen) atoms. The second kappa shape index (κ2) is 7.36. The summed E-state index contributed by atoms with van der Waals surface area (Å²) >= 11 is 0. The maximum atomic E-state index is 6.23. The van der Waals surface area contributed by atoms with Crippen molar-refractivity contribution in [2.24, 2.45) is 5.73 Å². The molecule has 0 fully saturated rings. The van der Waals surface area contributed by atoms with Crippen LogP contribution in [0.1, 0.15) is 31.9 Å². The first kappa shape index (κ1) is 15.0. The van der Waals surface area contributed by atoms with E-state index in [1.54, 1.807) is 14.2 Å². The molecule has 0 saturated carbocycles. The minimum atomic E-state index is 0.0250. The number of benzene rings is 1. The molecule has 0 bridgehead atoms. The zero-order chi connectivity index (χ0) is 13.5. The van der Waals surface area contributed by atoms with Gasteiger partial charge in [-0.1, -0.05) is 26.0 Å². The van der Waals surface area contributed by atoms with E-state index in [2.05, 4.69) is 19.9 Å². The minimum Gasteiger partial charge on any atom is -0.497 e. The lowest BCUT2D eigenvalue weighted by atomic mass is 9.97. The lowest BCUT2D eigenvalue weighted by Gasteiger charge is -2.33. The van der Waals surface area contributed by atoms with Gasteiger partial charge in [0.25, 0.3) is 0 Å². The zero-order valence-electron chi connectivity index (χ0n) is 11.7. The van der Waals surface area contributed by atoms with Gasteiger partial charge >= 0.3 is 0 Å². The van der Waals surface area contributed by atoms with Crippen LogP contribution in [0, 0.1) is 0 Å². The number of nitrogens with two attached hydrogens (primary N) is 1.